The zero-order valence-corrected chi connectivity index (χ0v) is 22.4. The molecule has 11 heteroatoms. The summed E-state index contributed by atoms with van der Waals surface area (Å²) < 4.78 is -1.41. The second-order valence-corrected chi connectivity index (χ2v) is 10.9. The number of nitrogens with one attached hydrogen (secondary N) is 2. The van der Waals surface area contributed by atoms with Crippen molar-refractivity contribution in [3.8, 4) is 5.75 Å². The van der Waals surface area contributed by atoms with Crippen molar-refractivity contribution >= 4 is 81.1 Å². The van der Waals surface area contributed by atoms with E-state index in [9.17, 15) is 9.59 Å². The van der Waals surface area contributed by atoms with E-state index in [1.54, 1.807) is 12.1 Å². The van der Waals surface area contributed by atoms with E-state index < -0.39 is 22.1 Å². The van der Waals surface area contributed by atoms with Gasteiger partial charge in [0.15, 0.2) is 5.78 Å². The fraction of sp³-hybridized carbons (Fsp3) is 0.200. The Morgan fingerprint density at radius 3 is 2.14 bits per heavy atom. The highest BCUT2D eigenvalue weighted by molar-refractivity contribution is 6.53. The molecule has 1 saturated carbocycles. The standard InChI is InChI=1S/C25H19Cl5N2O4/c1-31-14-4-2-12(3-5-14)8-20(33)16-11-15(6-7-17(16)26)32-24(34)22-21(25(22,29)30)13-9-18(27)23(36-35)19(28)10-13/h2-7,9-11,21-22,31,35H,8H2,1H3,(H,32,34). The van der Waals surface area contributed by atoms with Gasteiger partial charge < -0.3 is 15.5 Å². The molecule has 4 rings (SSSR count). The van der Waals surface area contributed by atoms with Crippen molar-refractivity contribution in [3.63, 3.8) is 0 Å². The first kappa shape index (κ1) is 26.9. The summed E-state index contributed by atoms with van der Waals surface area (Å²) >= 11 is 31.3. The fourth-order valence-corrected chi connectivity index (χ4v) is 5.64. The summed E-state index contributed by atoms with van der Waals surface area (Å²) in [6.07, 6.45) is 0.146. The molecule has 1 aliphatic rings. The first-order valence-corrected chi connectivity index (χ1v) is 12.5. The maximum atomic E-state index is 13.1. The van der Waals surface area contributed by atoms with Crippen molar-refractivity contribution in [2.75, 3.05) is 17.7 Å². The normalized spacial score (nSPS) is 17.9. The van der Waals surface area contributed by atoms with Crippen LogP contribution in [-0.4, -0.2) is 28.3 Å². The van der Waals surface area contributed by atoms with Gasteiger partial charge >= 0.3 is 0 Å². The van der Waals surface area contributed by atoms with Crippen molar-refractivity contribution in [2.45, 2.75) is 16.7 Å². The third kappa shape index (κ3) is 5.40. The monoisotopic (exact) mass is 586 g/mol. The summed E-state index contributed by atoms with van der Waals surface area (Å²) in [5.74, 6) is -2.21. The minimum absolute atomic E-state index is 0.0386. The van der Waals surface area contributed by atoms with Crippen LogP contribution < -0.4 is 15.5 Å². The summed E-state index contributed by atoms with van der Waals surface area (Å²) in [4.78, 5) is 30.1. The number of amides is 1. The number of alkyl halides is 2. The van der Waals surface area contributed by atoms with Crippen LogP contribution in [0.25, 0.3) is 0 Å². The molecule has 0 aromatic heterocycles. The average Bonchev–Trinajstić information content (AvgIpc) is 3.42. The van der Waals surface area contributed by atoms with Crippen molar-refractivity contribution in [1.29, 1.82) is 0 Å². The summed E-state index contributed by atoms with van der Waals surface area (Å²) in [5.41, 5.74) is 2.92. The first-order valence-electron chi connectivity index (χ1n) is 10.6. The number of rotatable bonds is 8. The Labute approximate surface area is 232 Å². The van der Waals surface area contributed by atoms with E-state index in [1.165, 1.54) is 18.2 Å². The number of ketones is 1. The predicted molar refractivity (Wildman–Crippen MR) is 144 cm³/mol. The molecule has 6 nitrogen and oxygen atoms in total. The summed E-state index contributed by atoms with van der Waals surface area (Å²) in [6, 6.07) is 15.1. The molecule has 3 aromatic carbocycles. The zero-order valence-electron chi connectivity index (χ0n) is 18.6. The molecule has 0 saturated heterocycles. The average molecular weight is 589 g/mol. The molecule has 188 valence electrons. The van der Waals surface area contributed by atoms with Gasteiger partial charge in [0.1, 0.15) is 4.33 Å². The molecule has 3 aromatic rings. The van der Waals surface area contributed by atoms with E-state index in [1.807, 2.05) is 31.3 Å². The predicted octanol–water partition coefficient (Wildman–Crippen LogP) is 7.49. The molecule has 1 aliphatic carbocycles. The Morgan fingerprint density at radius 1 is 0.944 bits per heavy atom. The summed E-state index contributed by atoms with van der Waals surface area (Å²) in [7, 11) is 1.81. The number of carbonyl (C=O) groups excluding carboxylic acids is 2. The lowest BCUT2D eigenvalue weighted by Gasteiger charge is -2.10. The van der Waals surface area contributed by atoms with E-state index in [-0.39, 0.29) is 38.6 Å². The van der Waals surface area contributed by atoms with Gasteiger partial charge in [-0.2, -0.15) is 0 Å². The molecular formula is C25H19Cl5N2O4. The first-order chi connectivity index (χ1) is 17.1. The largest absolute Gasteiger partial charge is 0.388 e. The minimum atomic E-state index is -1.41. The van der Waals surface area contributed by atoms with Crippen molar-refractivity contribution < 1.29 is 19.7 Å². The Hall–Kier alpha value is -2.19. The topological polar surface area (TPSA) is 87.7 Å². The number of benzene rings is 3. The van der Waals surface area contributed by atoms with Crippen LogP contribution in [0.15, 0.2) is 54.6 Å². The van der Waals surface area contributed by atoms with E-state index >= 15 is 0 Å². The van der Waals surface area contributed by atoms with Crippen molar-refractivity contribution in [2.24, 2.45) is 5.92 Å². The Kier molecular flexibility index (Phi) is 7.95. The van der Waals surface area contributed by atoms with Crippen LogP contribution in [0, 0.1) is 5.92 Å². The lowest BCUT2D eigenvalue weighted by Crippen LogP contribution is -2.17. The molecule has 1 fully saturated rings. The number of halogens is 5. The molecule has 0 radical (unpaired) electrons. The summed E-state index contributed by atoms with van der Waals surface area (Å²) in [5, 5.41) is 15.0. The number of carbonyl (C=O) groups is 2. The van der Waals surface area contributed by atoms with E-state index in [0.717, 1.165) is 11.3 Å². The zero-order chi connectivity index (χ0) is 26.2. The van der Waals surface area contributed by atoms with Crippen molar-refractivity contribution in [1.82, 2.24) is 0 Å². The second kappa shape index (κ2) is 10.7. The van der Waals surface area contributed by atoms with Crippen LogP contribution in [0.2, 0.25) is 15.1 Å². The van der Waals surface area contributed by atoms with Gasteiger partial charge in [-0.1, -0.05) is 46.9 Å². The van der Waals surface area contributed by atoms with Gasteiger partial charge in [-0.3, -0.25) is 9.59 Å². The molecule has 1 amide bonds. The molecular weight excluding hydrogens is 570 g/mol. The third-order valence-corrected chi connectivity index (χ3v) is 7.78. The van der Waals surface area contributed by atoms with Crippen LogP contribution >= 0.6 is 58.0 Å². The quantitative estimate of drug-likeness (QED) is 0.110. The van der Waals surface area contributed by atoms with Gasteiger partial charge in [0.05, 0.1) is 21.0 Å². The summed E-state index contributed by atoms with van der Waals surface area (Å²) in [6.45, 7) is 0. The minimum Gasteiger partial charge on any atom is -0.388 e. The van der Waals surface area contributed by atoms with Gasteiger partial charge in [-0.15, -0.1) is 23.2 Å². The Bertz CT molecular complexity index is 1310. The van der Waals surface area contributed by atoms with E-state index in [2.05, 4.69) is 15.5 Å². The second-order valence-electron chi connectivity index (χ2n) is 8.27. The van der Waals surface area contributed by atoms with Crippen LogP contribution in [0.5, 0.6) is 5.75 Å². The van der Waals surface area contributed by atoms with E-state index in [0.29, 0.717) is 11.3 Å². The highest BCUT2D eigenvalue weighted by atomic mass is 35.5. The number of Topliss-reactive ketones (excluding diaryl/α,β-unsaturated/α-hetero) is 1. The molecule has 2 unspecified atom stereocenters. The van der Waals surface area contributed by atoms with Crippen LogP contribution in [0.3, 0.4) is 0 Å². The Morgan fingerprint density at radius 2 is 1.56 bits per heavy atom. The van der Waals surface area contributed by atoms with Crippen LogP contribution in [-0.2, 0) is 11.2 Å². The van der Waals surface area contributed by atoms with Crippen LogP contribution in [0.1, 0.15) is 27.4 Å². The molecule has 0 bridgehead atoms. The number of hydrogen-bond acceptors (Lipinski definition) is 5. The molecule has 0 aliphatic heterocycles. The maximum absolute atomic E-state index is 13.1. The van der Waals surface area contributed by atoms with Crippen LogP contribution in [0.4, 0.5) is 11.4 Å². The number of anilines is 2. The lowest BCUT2D eigenvalue weighted by molar-refractivity contribution is -0.137. The fourth-order valence-electron chi connectivity index (χ4n) is 4.02. The van der Waals surface area contributed by atoms with Gasteiger partial charge in [-0.05, 0) is 53.6 Å². The molecule has 36 heavy (non-hydrogen) atoms. The molecule has 0 spiro atoms. The smallest absolute Gasteiger partial charge is 0.231 e. The Balaban J connectivity index is 1.50. The van der Waals surface area contributed by atoms with Crippen molar-refractivity contribution in [3.05, 3.63) is 86.4 Å². The molecule has 0 heterocycles. The molecule has 3 N–H and O–H groups in total. The van der Waals surface area contributed by atoms with Gasteiger partial charge in [0.25, 0.3) is 0 Å². The van der Waals surface area contributed by atoms with E-state index in [4.69, 9.17) is 63.3 Å². The van der Waals surface area contributed by atoms with Gasteiger partial charge in [0, 0.05) is 36.3 Å². The number of hydrogen-bond donors (Lipinski definition) is 3. The lowest BCUT2D eigenvalue weighted by atomic mass is 10.0. The highest BCUT2D eigenvalue weighted by Crippen LogP contribution is 2.65. The van der Waals surface area contributed by atoms with Gasteiger partial charge in [-0.25, -0.2) is 5.26 Å². The maximum Gasteiger partial charge on any atom is 0.231 e. The van der Waals surface area contributed by atoms with Gasteiger partial charge in [0.2, 0.25) is 11.7 Å². The third-order valence-electron chi connectivity index (χ3n) is 5.95. The molecule has 2 atom stereocenters. The SMILES string of the molecule is CNc1ccc(CC(=O)c2cc(NC(=O)C3C(c4cc(Cl)c(OO)c(Cl)c4)C3(Cl)Cl)ccc2Cl)cc1. The highest BCUT2D eigenvalue weighted by Gasteiger charge is 2.67.